The SMILES string of the molecule is Cc1cc2nc(Oc3ccc(Br)cc3)[nH]c2cc1C. The molecule has 3 aromatic rings. The lowest BCUT2D eigenvalue weighted by molar-refractivity contribution is 0.449. The first-order valence-corrected chi connectivity index (χ1v) is 6.81. The molecule has 0 saturated carbocycles. The van der Waals surface area contributed by atoms with Crippen LogP contribution >= 0.6 is 15.9 Å². The van der Waals surface area contributed by atoms with Gasteiger partial charge in [-0.25, -0.2) is 0 Å². The number of nitrogens with zero attached hydrogens (tertiary/aromatic N) is 1. The molecule has 2 aromatic carbocycles. The molecule has 4 heteroatoms. The van der Waals surface area contributed by atoms with E-state index in [4.69, 9.17) is 4.74 Å². The molecule has 0 spiro atoms. The maximum atomic E-state index is 5.71. The van der Waals surface area contributed by atoms with Gasteiger partial charge in [-0.1, -0.05) is 15.9 Å². The van der Waals surface area contributed by atoms with Crippen molar-refractivity contribution in [1.82, 2.24) is 9.97 Å². The number of nitrogens with one attached hydrogen (secondary N) is 1. The van der Waals surface area contributed by atoms with Gasteiger partial charge in [0, 0.05) is 4.47 Å². The van der Waals surface area contributed by atoms with Gasteiger partial charge in [0.25, 0.3) is 6.01 Å². The van der Waals surface area contributed by atoms with Crippen LogP contribution in [-0.2, 0) is 0 Å². The molecule has 0 unspecified atom stereocenters. The van der Waals surface area contributed by atoms with Gasteiger partial charge in [0.15, 0.2) is 0 Å². The minimum absolute atomic E-state index is 0.516. The first-order chi connectivity index (χ1) is 9.11. The second-order valence-corrected chi connectivity index (χ2v) is 5.47. The van der Waals surface area contributed by atoms with Gasteiger partial charge in [-0.05, 0) is 61.4 Å². The lowest BCUT2D eigenvalue weighted by Gasteiger charge is -2.00. The summed E-state index contributed by atoms with van der Waals surface area (Å²) in [5, 5.41) is 0. The van der Waals surface area contributed by atoms with Crippen LogP contribution in [0.4, 0.5) is 0 Å². The summed E-state index contributed by atoms with van der Waals surface area (Å²) >= 11 is 3.40. The van der Waals surface area contributed by atoms with Gasteiger partial charge < -0.3 is 9.72 Å². The lowest BCUT2D eigenvalue weighted by Crippen LogP contribution is -1.85. The fourth-order valence-corrected chi connectivity index (χ4v) is 2.17. The van der Waals surface area contributed by atoms with Gasteiger partial charge in [0.05, 0.1) is 11.0 Å². The highest BCUT2D eigenvalue weighted by Crippen LogP contribution is 2.24. The number of benzene rings is 2. The van der Waals surface area contributed by atoms with E-state index < -0.39 is 0 Å². The van der Waals surface area contributed by atoms with Crippen LogP contribution in [0.1, 0.15) is 11.1 Å². The van der Waals surface area contributed by atoms with Crippen LogP contribution in [0, 0.1) is 13.8 Å². The molecule has 0 amide bonds. The molecular weight excluding hydrogens is 304 g/mol. The van der Waals surface area contributed by atoms with Crippen molar-refractivity contribution in [3.63, 3.8) is 0 Å². The molecule has 1 N–H and O–H groups in total. The Hall–Kier alpha value is -1.81. The Morgan fingerprint density at radius 1 is 1.05 bits per heavy atom. The van der Waals surface area contributed by atoms with Crippen molar-refractivity contribution in [1.29, 1.82) is 0 Å². The third-order valence-corrected chi connectivity index (χ3v) is 3.63. The summed E-state index contributed by atoms with van der Waals surface area (Å²) in [4.78, 5) is 7.62. The molecule has 3 rings (SSSR count). The highest BCUT2D eigenvalue weighted by Gasteiger charge is 2.06. The molecule has 0 saturated heterocycles. The molecular formula is C15H13BrN2O. The maximum Gasteiger partial charge on any atom is 0.300 e. The maximum absolute atomic E-state index is 5.71. The van der Waals surface area contributed by atoms with E-state index in [2.05, 4.69) is 51.9 Å². The molecule has 1 heterocycles. The fourth-order valence-electron chi connectivity index (χ4n) is 1.91. The number of aromatic nitrogens is 2. The fraction of sp³-hybridized carbons (Fsp3) is 0.133. The lowest BCUT2D eigenvalue weighted by atomic mass is 10.1. The molecule has 96 valence electrons. The van der Waals surface area contributed by atoms with Crippen LogP contribution in [-0.4, -0.2) is 9.97 Å². The number of hydrogen-bond acceptors (Lipinski definition) is 2. The van der Waals surface area contributed by atoms with Gasteiger partial charge in [0.2, 0.25) is 0 Å². The molecule has 0 bridgehead atoms. The first-order valence-electron chi connectivity index (χ1n) is 6.02. The zero-order valence-electron chi connectivity index (χ0n) is 10.7. The predicted octanol–water partition coefficient (Wildman–Crippen LogP) is 4.73. The van der Waals surface area contributed by atoms with E-state index in [1.165, 1.54) is 11.1 Å². The number of halogens is 1. The molecule has 0 radical (unpaired) electrons. The van der Waals surface area contributed by atoms with Gasteiger partial charge >= 0.3 is 0 Å². The van der Waals surface area contributed by atoms with Gasteiger partial charge in [-0.3, -0.25) is 0 Å². The van der Waals surface area contributed by atoms with Gasteiger partial charge in [-0.15, -0.1) is 0 Å². The zero-order chi connectivity index (χ0) is 13.4. The number of H-pyrrole nitrogens is 1. The average molecular weight is 317 g/mol. The molecule has 0 aliphatic rings. The minimum Gasteiger partial charge on any atom is -0.426 e. The second-order valence-electron chi connectivity index (χ2n) is 4.55. The third-order valence-electron chi connectivity index (χ3n) is 3.10. The number of fused-ring (bicyclic) bond motifs is 1. The van der Waals surface area contributed by atoms with E-state index in [9.17, 15) is 0 Å². The number of rotatable bonds is 2. The molecule has 1 aromatic heterocycles. The molecule has 0 atom stereocenters. The molecule has 0 aliphatic heterocycles. The van der Waals surface area contributed by atoms with E-state index in [0.29, 0.717) is 6.01 Å². The summed E-state index contributed by atoms with van der Waals surface area (Å²) < 4.78 is 6.73. The van der Waals surface area contributed by atoms with Crippen LogP contribution < -0.4 is 4.74 Å². The monoisotopic (exact) mass is 316 g/mol. The Morgan fingerprint density at radius 2 is 1.74 bits per heavy atom. The largest absolute Gasteiger partial charge is 0.426 e. The number of ether oxygens (including phenoxy) is 1. The Labute approximate surface area is 119 Å². The van der Waals surface area contributed by atoms with Crippen LogP contribution in [0.2, 0.25) is 0 Å². The van der Waals surface area contributed by atoms with Crippen LogP contribution in [0.5, 0.6) is 11.8 Å². The standard InChI is InChI=1S/C15H13BrN2O/c1-9-7-13-14(8-10(9)2)18-15(17-13)19-12-5-3-11(16)4-6-12/h3-8H,1-2H3,(H,17,18). The van der Waals surface area contributed by atoms with E-state index in [1.807, 2.05) is 24.3 Å². The molecule has 0 aliphatic carbocycles. The summed E-state index contributed by atoms with van der Waals surface area (Å²) in [7, 11) is 0. The Morgan fingerprint density at radius 3 is 2.47 bits per heavy atom. The highest BCUT2D eigenvalue weighted by molar-refractivity contribution is 9.10. The van der Waals surface area contributed by atoms with Gasteiger partial charge in [-0.2, -0.15) is 4.98 Å². The van der Waals surface area contributed by atoms with Crippen LogP contribution in [0.25, 0.3) is 11.0 Å². The Kier molecular flexibility index (Phi) is 3.03. The normalized spacial score (nSPS) is 10.9. The predicted molar refractivity (Wildman–Crippen MR) is 79.8 cm³/mol. The Balaban J connectivity index is 1.95. The van der Waals surface area contributed by atoms with E-state index in [0.717, 1.165) is 21.3 Å². The van der Waals surface area contributed by atoms with Crippen molar-refractivity contribution in [2.45, 2.75) is 13.8 Å². The molecule has 3 nitrogen and oxygen atoms in total. The third kappa shape index (κ3) is 2.49. The highest BCUT2D eigenvalue weighted by atomic mass is 79.9. The summed E-state index contributed by atoms with van der Waals surface area (Å²) in [5.41, 5.74) is 4.39. The first kappa shape index (κ1) is 12.2. The van der Waals surface area contributed by atoms with Crippen molar-refractivity contribution in [2.75, 3.05) is 0 Å². The number of imidazole rings is 1. The Bertz CT molecular complexity index is 693. The van der Waals surface area contributed by atoms with Crippen LogP contribution in [0.15, 0.2) is 40.9 Å². The van der Waals surface area contributed by atoms with Crippen molar-refractivity contribution < 1.29 is 4.74 Å². The summed E-state index contributed by atoms with van der Waals surface area (Å²) in [6.45, 7) is 4.17. The molecule has 0 fully saturated rings. The smallest absolute Gasteiger partial charge is 0.300 e. The average Bonchev–Trinajstić information content (AvgIpc) is 2.74. The number of hydrogen-bond donors (Lipinski definition) is 1. The number of aryl methyl sites for hydroxylation is 2. The zero-order valence-corrected chi connectivity index (χ0v) is 12.3. The molecule has 19 heavy (non-hydrogen) atoms. The minimum atomic E-state index is 0.516. The van der Waals surface area contributed by atoms with E-state index in [1.54, 1.807) is 0 Å². The van der Waals surface area contributed by atoms with Crippen molar-refractivity contribution in [3.05, 3.63) is 52.0 Å². The van der Waals surface area contributed by atoms with Gasteiger partial charge in [0.1, 0.15) is 5.75 Å². The summed E-state index contributed by atoms with van der Waals surface area (Å²) in [6, 6.07) is 12.3. The van der Waals surface area contributed by atoms with E-state index in [-0.39, 0.29) is 0 Å². The van der Waals surface area contributed by atoms with Crippen molar-refractivity contribution in [2.24, 2.45) is 0 Å². The topological polar surface area (TPSA) is 37.9 Å². The summed E-state index contributed by atoms with van der Waals surface area (Å²) in [6.07, 6.45) is 0. The summed E-state index contributed by atoms with van der Waals surface area (Å²) in [5.74, 6) is 0.760. The quantitative estimate of drug-likeness (QED) is 0.741. The second kappa shape index (κ2) is 4.70. The number of aromatic amines is 1. The van der Waals surface area contributed by atoms with Crippen molar-refractivity contribution >= 4 is 27.0 Å². The van der Waals surface area contributed by atoms with Crippen LogP contribution in [0.3, 0.4) is 0 Å². The van der Waals surface area contributed by atoms with E-state index >= 15 is 0 Å². The van der Waals surface area contributed by atoms with Crippen molar-refractivity contribution in [3.8, 4) is 11.8 Å².